The predicted molar refractivity (Wildman–Crippen MR) is 127 cm³/mol. The van der Waals surface area contributed by atoms with Gasteiger partial charge in [0.15, 0.2) is 5.13 Å². The average Bonchev–Trinajstić information content (AvgIpc) is 3.33. The Bertz CT molecular complexity index is 972. The van der Waals surface area contributed by atoms with Crippen LogP contribution in [-0.4, -0.2) is 55.2 Å². The molecular formula is C20H23BrClN3O2S2. The molecule has 5 nitrogen and oxygen atoms in total. The van der Waals surface area contributed by atoms with E-state index < -0.39 is 0 Å². The largest absolute Gasteiger partial charge is 0.379 e. The van der Waals surface area contributed by atoms with Gasteiger partial charge in [0.25, 0.3) is 5.91 Å². The van der Waals surface area contributed by atoms with E-state index in [9.17, 15) is 4.79 Å². The van der Waals surface area contributed by atoms with Crippen molar-refractivity contribution in [2.24, 2.45) is 0 Å². The molecule has 0 bridgehead atoms. The van der Waals surface area contributed by atoms with Gasteiger partial charge < -0.3 is 4.74 Å². The molecule has 1 aliphatic heterocycles. The van der Waals surface area contributed by atoms with Gasteiger partial charge in [-0.1, -0.05) is 23.5 Å². The van der Waals surface area contributed by atoms with Gasteiger partial charge in [-0.3, -0.25) is 14.6 Å². The summed E-state index contributed by atoms with van der Waals surface area (Å²) in [6.45, 7) is 7.20. The van der Waals surface area contributed by atoms with Crippen LogP contribution in [0, 0.1) is 6.92 Å². The van der Waals surface area contributed by atoms with Crippen molar-refractivity contribution in [3.8, 4) is 0 Å². The fraction of sp³-hybridized carbons (Fsp3) is 0.400. The lowest BCUT2D eigenvalue weighted by molar-refractivity contribution is 0.0376. The van der Waals surface area contributed by atoms with Crippen LogP contribution in [0.25, 0.3) is 10.2 Å². The molecule has 4 rings (SSSR count). The first-order valence-electron chi connectivity index (χ1n) is 9.35. The summed E-state index contributed by atoms with van der Waals surface area (Å²) in [5.41, 5.74) is 2.13. The van der Waals surface area contributed by atoms with E-state index in [-0.39, 0.29) is 18.3 Å². The molecule has 3 heterocycles. The Balaban J connectivity index is 0.00000240. The van der Waals surface area contributed by atoms with Crippen LogP contribution in [0.4, 0.5) is 5.13 Å². The lowest BCUT2D eigenvalue weighted by Crippen LogP contribution is -2.39. The first kappa shape index (κ1) is 22.7. The second kappa shape index (κ2) is 10.3. The van der Waals surface area contributed by atoms with Gasteiger partial charge in [-0.15, -0.1) is 23.7 Å². The van der Waals surface area contributed by atoms with Gasteiger partial charge in [-0.05, 0) is 53.0 Å². The maximum absolute atomic E-state index is 13.3. The van der Waals surface area contributed by atoms with Crippen LogP contribution in [0.3, 0.4) is 0 Å². The van der Waals surface area contributed by atoms with Gasteiger partial charge in [-0.25, -0.2) is 4.98 Å². The number of morpholine rings is 1. The number of carbonyl (C=O) groups is 1. The first-order valence-corrected chi connectivity index (χ1v) is 11.8. The second-order valence-corrected chi connectivity index (χ2v) is 10.3. The van der Waals surface area contributed by atoms with E-state index in [4.69, 9.17) is 9.72 Å². The van der Waals surface area contributed by atoms with Crippen LogP contribution < -0.4 is 4.90 Å². The van der Waals surface area contributed by atoms with Gasteiger partial charge in [0.1, 0.15) is 0 Å². The number of rotatable bonds is 6. The summed E-state index contributed by atoms with van der Waals surface area (Å²) >= 11 is 6.52. The van der Waals surface area contributed by atoms with E-state index in [0.29, 0.717) is 6.54 Å². The van der Waals surface area contributed by atoms with Crippen LogP contribution in [0.15, 0.2) is 34.1 Å². The number of para-hydroxylation sites is 1. The third-order valence-electron chi connectivity index (χ3n) is 4.83. The number of anilines is 1. The van der Waals surface area contributed by atoms with Crippen molar-refractivity contribution in [1.82, 2.24) is 9.88 Å². The van der Waals surface area contributed by atoms with Gasteiger partial charge in [0.2, 0.25) is 0 Å². The van der Waals surface area contributed by atoms with Crippen molar-refractivity contribution in [2.75, 3.05) is 44.3 Å². The summed E-state index contributed by atoms with van der Waals surface area (Å²) in [7, 11) is 0. The molecule has 156 valence electrons. The summed E-state index contributed by atoms with van der Waals surface area (Å²) in [6, 6.07) is 9.98. The molecule has 1 saturated heterocycles. The molecule has 29 heavy (non-hydrogen) atoms. The normalized spacial score (nSPS) is 14.7. The highest BCUT2D eigenvalue weighted by atomic mass is 79.9. The third-order valence-corrected chi connectivity index (χ3v) is 7.48. The predicted octanol–water partition coefficient (Wildman–Crippen LogP) is 5.22. The molecule has 9 heteroatoms. The van der Waals surface area contributed by atoms with Crippen LogP contribution in [0.2, 0.25) is 0 Å². The van der Waals surface area contributed by atoms with Crippen LogP contribution in [-0.2, 0) is 4.74 Å². The summed E-state index contributed by atoms with van der Waals surface area (Å²) in [6.07, 6.45) is 0.910. The Kier molecular flexibility index (Phi) is 8.07. The van der Waals surface area contributed by atoms with Gasteiger partial charge >= 0.3 is 0 Å². The molecule has 0 aliphatic carbocycles. The number of halogens is 2. The number of ether oxygens (including phenoxy) is 1. The molecule has 0 N–H and O–H groups in total. The van der Waals surface area contributed by atoms with Crippen molar-refractivity contribution in [1.29, 1.82) is 0 Å². The second-order valence-electron chi connectivity index (χ2n) is 6.79. The van der Waals surface area contributed by atoms with Crippen molar-refractivity contribution >= 4 is 72.3 Å². The molecule has 1 aromatic carbocycles. The number of nitrogens with zero attached hydrogens (tertiary/aromatic N) is 3. The summed E-state index contributed by atoms with van der Waals surface area (Å²) in [5, 5.41) is 0.779. The summed E-state index contributed by atoms with van der Waals surface area (Å²) < 4.78 is 7.50. The van der Waals surface area contributed by atoms with Crippen LogP contribution in [0.5, 0.6) is 0 Å². The number of hydrogen-bond donors (Lipinski definition) is 0. The topological polar surface area (TPSA) is 45.7 Å². The maximum atomic E-state index is 13.3. The van der Waals surface area contributed by atoms with Crippen molar-refractivity contribution in [3.05, 3.63) is 44.6 Å². The van der Waals surface area contributed by atoms with Gasteiger partial charge in [0.05, 0.1) is 32.1 Å². The monoisotopic (exact) mass is 515 g/mol. The number of aromatic nitrogens is 1. The highest BCUT2D eigenvalue weighted by Gasteiger charge is 2.23. The number of benzene rings is 1. The zero-order chi connectivity index (χ0) is 19.5. The highest BCUT2D eigenvalue weighted by Crippen LogP contribution is 2.32. The molecule has 1 amide bonds. The number of aryl methyl sites for hydroxylation is 1. The smallest absolute Gasteiger partial charge is 0.270 e. The minimum absolute atomic E-state index is 0. The van der Waals surface area contributed by atoms with E-state index in [2.05, 4.69) is 39.9 Å². The molecule has 0 spiro atoms. The highest BCUT2D eigenvalue weighted by molar-refractivity contribution is 9.11. The van der Waals surface area contributed by atoms with E-state index in [1.807, 2.05) is 23.1 Å². The minimum atomic E-state index is 0. The number of fused-ring (bicyclic) bond motifs is 1. The molecule has 2 aromatic heterocycles. The molecule has 0 saturated carbocycles. The number of amides is 1. The molecule has 0 atom stereocenters. The molecule has 1 aliphatic rings. The van der Waals surface area contributed by atoms with Gasteiger partial charge in [0, 0.05) is 26.2 Å². The molecular weight excluding hydrogens is 494 g/mol. The van der Waals surface area contributed by atoms with E-state index in [1.165, 1.54) is 11.3 Å². The number of thiophene rings is 1. The third kappa shape index (κ3) is 5.37. The molecule has 0 unspecified atom stereocenters. The minimum Gasteiger partial charge on any atom is -0.379 e. The Hall–Kier alpha value is -1.03. The van der Waals surface area contributed by atoms with E-state index in [1.54, 1.807) is 11.3 Å². The van der Waals surface area contributed by atoms with Crippen molar-refractivity contribution in [2.45, 2.75) is 13.3 Å². The fourth-order valence-electron chi connectivity index (χ4n) is 3.31. The quantitative estimate of drug-likeness (QED) is 0.451. The Labute approximate surface area is 193 Å². The standard InChI is InChI=1S/C20H22BrN3O2S2.ClH/c1-14-4-2-5-15-18(14)22-20(28-15)24(19(25)16-6-7-17(21)27-16)9-3-8-23-10-12-26-13-11-23;/h2,4-7H,3,8-13H2,1H3;1H. The van der Waals surface area contributed by atoms with Crippen molar-refractivity contribution in [3.63, 3.8) is 0 Å². The lowest BCUT2D eigenvalue weighted by Gasteiger charge is -2.27. The maximum Gasteiger partial charge on any atom is 0.270 e. The Morgan fingerprint density at radius 1 is 1.24 bits per heavy atom. The molecule has 1 fully saturated rings. The SMILES string of the molecule is Cc1cccc2sc(N(CCCN3CCOCC3)C(=O)c3ccc(Br)s3)nc12.Cl. The van der Waals surface area contributed by atoms with E-state index in [0.717, 1.165) is 68.8 Å². The number of hydrogen-bond acceptors (Lipinski definition) is 6. The Morgan fingerprint density at radius 2 is 2.03 bits per heavy atom. The number of carbonyl (C=O) groups excluding carboxylic acids is 1. The first-order chi connectivity index (χ1) is 13.6. The molecule has 3 aromatic rings. The number of thiazole rings is 1. The molecule has 0 radical (unpaired) electrons. The zero-order valence-electron chi connectivity index (χ0n) is 16.1. The van der Waals surface area contributed by atoms with Crippen LogP contribution in [0.1, 0.15) is 21.7 Å². The van der Waals surface area contributed by atoms with Gasteiger partial charge in [-0.2, -0.15) is 0 Å². The summed E-state index contributed by atoms with van der Waals surface area (Å²) in [5.74, 6) is 0.0226. The Morgan fingerprint density at radius 3 is 2.72 bits per heavy atom. The average molecular weight is 517 g/mol. The summed E-state index contributed by atoms with van der Waals surface area (Å²) in [4.78, 5) is 23.0. The fourth-order valence-corrected chi connectivity index (χ4v) is 5.72. The lowest BCUT2D eigenvalue weighted by atomic mass is 10.2. The van der Waals surface area contributed by atoms with Crippen LogP contribution >= 0.6 is 51.0 Å². The van der Waals surface area contributed by atoms with E-state index >= 15 is 0 Å². The zero-order valence-corrected chi connectivity index (χ0v) is 20.1. The van der Waals surface area contributed by atoms with Crippen molar-refractivity contribution < 1.29 is 9.53 Å².